The van der Waals surface area contributed by atoms with Crippen LogP contribution in [-0.4, -0.2) is 23.2 Å². The Morgan fingerprint density at radius 3 is 2.78 bits per heavy atom. The average molecular weight is 453 g/mol. The maximum Gasteiger partial charge on any atom is 0.336 e. The number of hydrogen-bond acceptors (Lipinski definition) is 7. The summed E-state index contributed by atoms with van der Waals surface area (Å²) in [6.07, 6.45) is 3.53. The summed E-state index contributed by atoms with van der Waals surface area (Å²) >= 11 is 6.33. The van der Waals surface area contributed by atoms with Crippen molar-refractivity contribution in [2.24, 2.45) is 5.10 Å². The van der Waals surface area contributed by atoms with Gasteiger partial charge in [-0.15, -0.1) is 0 Å². The van der Waals surface area contributed by atoms with E-state index in [1.807, 2.05) is 0 Å². The Balaban J connectivity index is 1.39. The molecule has 0 saturated carbocycles. The van der Waals surface area contributed by atoms with Gasteiger partial charge in [-0.05, 0) is 42.8 Å². The van der Waals surface area contributed by atoms with Crippen molar-refractivity contribution in [1.29, 1.82) is 0 Å². The van der Waals surface area contributed by atoms with Gasteiger partial charge in [0, 0.05) is 23.9 Å². The fourth-order valence-corrected chi connectivity index (χ4v) is 3.89. The zero-order valence-electron chi connectivity index (χ0n) is 16.9. The van der Waals surface area contributed by atoms with Crippen molar-refractivity contribution >= 4 is 34.2 Å². The van der Waals surface area contributed by atoms with Crippen LogP contribution in [-0.2, 0) is 4.79 Å². The van der Waals surface area contributed by atoms with Crippen LogP contribution in [0.1, 0.15) is 29.5 Å². The van der Waals surface area contributed by atoms with Crippen LogP contribution in [0.25, 0.3) is 11.0 Å². The first kappa shape index (κ1) is 20.1. The highest BCUT2D eigenvalue weighted by molar-refractivity contribution is 6.32. The van der Waals surface area contributed by atoms with Crippen LogP contribution in [0.3, 0.4) is 0 Å². The monoisotopic (exact) mass is 452 g/mol. The molecule has 0 radical (unpaired) electrons. The van der Waals surface area contributed by atoms with Crippen molar-refractivity contribution in [2.75, 3.05) is 6.61 Å². The first-order valence-corrected chi connectivity index (χ1v) is 10.2. The maximum atomic E-state index is 13.0. The molecule has 1 atom stereocenters. The lowest BCUT2D eigenvalue weighted by atomic mass is 10.1. The molecule has 4 heterocycles. The normalized spacial score (nSPS) is 15.9. The smallest absolute Gasteiger partial charge is 0.336 e. The van der Waals surface area contributed by atoms with Gasteiger partial charge in [-0.25, -0.2) is 9.80 Å². The fraction of sp³-hybridized carbons (Fsp3) is 0.174. The Hall–Kier alpha value is -3.78. The molecule has 1 aliphatic heterocycles. The summed E-state index contributed by atoms with van der Waals surface area (Å²) in [5, 5.41) is 6.77. The SMILES string of the molecule is Cc1cc(=O)oc2cc(OCC(=O)N3N=C(c4ccco4)CC3c3ccco3)c(Cl)cc12. The molecule has 9 heteroatoms. The van der Waals surface area contributed by atoms with Gasteiger partial charge in [-0.1, -0.05) is 11.6 Å². The van der Waals surface area contributed by atoms with E-state index in [0.29, 0.717) is 39.6 Å². The van der Waals surface area contributed by atoms with Crippen molar-refractivity contribution in [3.63, 3.8) is 0 Å². The third-order valence-electron chi connectivity index (χ3n) is 5.20. The zero-order valence-corrected chi connectivity index (χ0v) is 17.7. The van der Waals surface area contributed by atoms with Crippen molar-refractivity contribution in [3.05, 3.63) is 87.5 Å². The lowest BCUT2D eigenvalue weighted by Gasteiger charge is -2.20. The van der Waals surface area contributed by atoms with E-state index in [0.717, 1.165) is 5.56 Å². The van der Waals surface area contributed by atoms with Crippen LogP contribution in [0.4, 0.5) is 0 Å². The van der Waals surface area contributed by atoms with Crippen LogP contribution in [0.15, 0.2) is 78.1 Å². The molecule has 5 rings (SSSR count). The molecule has 1 aromatic carbocycles. The molecular weight excluding hydrogens is 436 g/mol. The number of hydrogen-bond donors (Lipinski definition) is 0. The van der Waals surface area contributed by atoms with Gasteiger partial charge in [0.1, 0.15) is 34.6 Å². The van der Waals surface area contributed by atoms with Gasteiger partial charge in [-0.3, -0.25) is 4.79 Å². The highest BCUT2D eigenvalue weighted by Crippen LogP contribution is 2.34. The summed E-state index contributed by atoms with van der Waals surface area (Å²) in [5.41, 5.74) is 1.22. The second kappa shape index (κ2) is 8.05. The highest BCUT2D eigenvalue weighted by atomic mass is 35.5. The summed E-state index contributed by atoms with van der Waals surface area (Å²) < 4.78 is 21.9. The molecule has 0 fully saturated rings. The summed E-state index contributed by atoms with van der Waals surface area (Å²) in [5.74, 6) is 1.02. The lowest BCUT2D eigenvalue weighted by Crippen LogP contribution is -2.31. The van der Waals surface area contributed by atoms with Crippen molar-refractivity contribution in [2.45, 2.75) is 19.4 Å². The molecule has 0 aliphatic carbocycles. The van der Waals surface area contributed by atoms with E-state index >= 15 is 0 Å². The first-order chi connectivity index (χ1) is 15.5. The number of nitrogens with zero attached hydrogens (tertiary/aromatic N) is 2. The summed E-state index contributed by atoms with van der Waals surface area (Å²) in [6.45, 7) is 1.46. The highest BCUT2D eigenvalue weighted by Gasteiger charge is 2.36. The molecule has 0 N–H and O–H groups in total. The molecule has 4 aromatic rings. The van der Waals surface area contributed by atoms with Crippen LogP contribution in [0, 0.1) is 6.92 Å². The minimum atomic E-state index is -0.475. The molecule has 162 valence electrons. The van der Waals surface area contributed by atoms with E-state index in [1.54, 1.807) is 49.8 Å². The maximum absolute atomic E-state index is 13.0. The van der Waals surface area contributed by atoms with Gasteiger partial charge in [0.2, 0.25) is 0 Å². The van der Waals surface area contributed by atoms with Gasteiger partial charge in [0.25, 0.3) is 5.91 Å². The number of amides is 1. The number of halogens is 1. The molecule has 0 spiro atoms. The Bertz CT molecular complexity index is 1370. The second-order valence-corrected chi connectivity index (χ2v) is 7.72. The number of benzene rings is 1. The molecule has 32 heavy (non-hydrogen) atoms. The summed E-state index contributed by atoms with van der Waals surface area (Å²) in [4.78, 5) is 24.7. The number of furan rings is 2. The Kier molecular flexibility index (Phi) is 5.07. The van der Waals surface area contributed by atoms with Crippen molar-refractivity contribution < 1.29 is 22.8 Å². The molecule has 1 unspecified atom stereocenters. The molecule has 0 bridgehead atoms. The molecule has 1 amide bonds. The molecule has 3 aromatic heterocycles. The average Bonchev–Trinajstić information content (AvgIpc) is 3.53. The van der Waals surface area contributed by atoms with Crippen molar-refractivity contribution in [3.8, 4) is 5.75 Å². The number of hydrazone groups is 1. The number of ether oxygens (including phenoxy) is 1. The third kappa shape index (κ3) is 3.69. The van der Waals surface area contributed by atoms with E-state index < -0.39 is 17.6 Å². The number of carbonyl (C=O) groups is 1. The fourth-order valence-electron chi connectivity index (χ4n) is 3.67. The van der Waals surface area contributed by atoms with Gasteiger partial charge < -0.3 is 18.0 Å². The summed E-state index contributed by atoms with van der Waals surface area (Å²) in [7, 11) is 0. The number of carbonyl (C=O) groups excluding carboxylic acids is 1. The minimum Gasteiger partial charge on any atom is -0.482 e. The number of fused-ring (bicyclic) bond motifs is 1. The Morgan fingerprint density at radius 2 is 2.03 bits per heavy atom. The van der Waals surface area contributed by atoms with E-state index in [1.165, 1.54) is 17.1 Å². The van der Waals surface area contributed by atoms with Crippen molar-refractivity contribution in [1.82, 2.24) is 5.01 Å². The Labute approximate surface area is 186 Å². The lowest BCUT2D eigenvalue weighted by molar-refractivity contribution is -0.135. The van der Waals surface area contributed by atoms with E-state index in [4.69, 9.17) is 29.6 Å². The first-order valence-electron chi connectivity index (χ1n) is 9.83. The topological polar surface area (TPSA) is 98.4 Å². The van der Waals surface area contributed by atoms with E-state index in [9.17, 15) is 9.59 Å². The zero-order chi connectivity index (χ0) is 22.2. The third-order valence-corrected chi connectivity index (χ3v) is 5.49. The Morgan fingerprint density at radius 1 is 1.22 bits per heavy atom. The minimum absolute atomic E-state index is 0.227. The van der Waals surface area contributed by atoms with Crippen LogP contribution < -0.4 is 10.4 Å². The predicted molar refractivity (Wildman–Crippen MR) is 116 cm³/mol. The molecule has 8 nitrogen and oxygen atoms in total. The van der Waals surface area contributed by atoms with Crippen LogP contribution in [0.2, 0.25) is 5.02 Å². The van der Waals surface area contributed by atoms with Gasteiger partial charge >= 0.3 is 5.63 Å². The molecular formula is C23H17ClN2O6. The van der Waals surface area contributed by atoms with Gasteiger partial charge in [0.15, 0.2) is 6.61 Å². The van der Waals surface area contributed by atoms with Crippen LogP contribution in [0.5, 0.6) is 5.75 Å². The molecule has 0 saturated heterocycles. The predicted octanol–water partition coefficient (Wildman–Crippen LogP) is 4.70. The standard InChI is InChI=1S/C23H17ClN2O6/c1-13-8-23(28)32-20-11-21(15(24)9-14(13)20)31-12-22(27)26-17(19-5-3-7-30-19)10-16(25-26)18-4-2-6-29-18/h2-9,11,17H,10,12H2,1H3. The molecule has 1 aliphatic rings. The van der Waals surface area contributed by atoms with E-state index in [2.05, 4.69) is 5.10 Å². The van der Waals surface area contributed by atoms with Gasteiger partial charge in [-0.2, -0.15) is 5.10 Å². The van der Waals surface area contributed by atoms with E-state index in [-0.39, 0.29) is 12.4 Å². The number of rotatable bonds is 5. The number of aryl methyl sites for hydroxylation is 1. The largest absolute Gasteiger partial charge is 0.482 e. The quantitative estimate of drug-likeness (QED) is 0.407. The van der Waals surface area contributed by atoms with Crippen LogP contribution >= 0.6 is 11.6 Å². The van der Waals surface area contributed by atoms with Gasteiger partial charge in [0.05, 0.1) is 17.5 Å². The summed E-state index contributed by atoms with van der Waals surface area (Å²) in [6, 6.07) is 11.2. The second-order valence-electron chi connectivity index (χ2n) is 7.31.